The van der Waals surface area contributed by atoms with Gasteiger partial charge in [-0.15, -0.1) is 0 Å². The van der Waals surface area contributed by atoms with Crippen molar-refractivity contribution in [2.45, 2.75) is 26.1 Å². The number of carbonyl (C=O) groups is 2. The van der Waals surface area contributed by atoms with Crippen molar-refractivity contribution in [3.63, 3.8) is 0 Å². The summed E-state index contributed by atoms with van der Waals surface area (Å²) in [4.78, 5) is 25.2. The lowest BCUT2D eigenvalue weighted by Gasteiger charge is -2.15. The standard InChI is InChI=1S/C25H22F3N3O3S/c1-15(2)34-21-12-4-3-11-20(21)23(33)31-24(35)30-18-9-5-7-16(13-18)22(32)29-19-10-6-8-17(14-19)25(26,27)28/h3-15H,1-2H3,(H,29,32)(H2,30,31,33,35). The molecule has 0 heterocycles. The number of alkyl halides is 3. The predicted octanol–water partition coefficient (Wildman–Crippen LogP) is 5.87. The van der Waals surface area contributed by atoms with Gasteiger partial charge in [-0.2, -0.15) is 13.2 Å². The Morgan fingerprint density at radius 3 is 2.20 bits per heavy atom. The highest BCUT2D eigenvalue weighted by Gasteiger charge is 2.30. The number of ether oxygens (including phenoxy) is 1. The predicted molar refractivity (Wildman–Crippen MR) is 132 cm³/mol. The Morgan fingerprint density at radius 2 is 1.51 bits per heavy atom. The summed E-state index contributed by atoms with van der Waals surface area (Å²) in [7, 11) is 0. The van der Waals surface area contributed by atoms with Crippen molar-refractivity contribution in [3.05, 3.63) is 89.5 Å². The fourth-order valence-corrected chi connectivity index (χ4v) is 3.27. The van der Waals surface area contributed by atoms with Gasteiger partial charge in [0.15, 0.2) is 5.11 Å². The van der Waals surface area contributed by atoms with Crippen LogP contribution in [0.25, 0.3) is 0 Å². The molecule has 0 saturated heterocycles. The molecule has 35 heavy (non-hydrogen) atoms. The minimum atomic E-state index is -4.52. The van der Waals surface area contributed by atoms with Gasteiger partial charge in [-0.3, -0.25) is 14.9 Å². The molecule has 6 nitrogen and oxygen atoms in total. The molecule has 0 bridgehead atoms. The van der Waals surface area contributed by atoms with Crippen molar-refractivity contribution in [1.82, 2.24) is 5.32 Å². The van der Waals surface area contributed by atoms with Crippen LogP contribution in [0.3, 0.4) is 0 Å². The largest absolute Gasteiger partial charge is 0.490 e. The van der Waals surface area contributed by atoms with Gasteiger partial charge >= 0.3 is 6.18 Å². The van der Waals surface area contributed by atoms with Crippen molar-refractivity contribution >= 4 is 40.5 Å². The van der Waals surface area contributed by atoms with E-state index in [1.165, 1.54) is 24.3 Å². The van der Waals surface area contributed by atoms with Crippen LogP contribution in [0.15, 0.2) is 72.8 Å². The third kappa shape index (κ3) is 7.28. The maximum Gasteiger partial charge on any atom is 0.416 e. The second-order valence-electron chi connectivity index (χ2n) is 7.68. The Morgan fingerprint density at radius 1 is 0.857 bits per heavy atom. The third-order valence-electron chi connectivity index (χ3n) is 4.55. The van der Waals surface area contributed by atoms with Gasteiger partial charge in [0.2, 0.25) is 0 Å². The zero-order chi connectivity index (χ0) is 25.6. The number of carbonyl (C=O) groups excluding carboxylic acids is 2. The van der Waals surface area contributed by atoms with Crippen LogP contribution in [0.1, 0.15) is 40.1 Å². The summed E-state index contributed by atoms with van der Waals surface area (Å²) in [6.45, 7) is 3.69. The van der Waals surface area contributed by atoms with E-state index < -0.39 is 23.6 Å². The lowest BCUT2D eigenvalue weighted by molar-refractivity contribution is -0.137. The first-order valence-corrected chi connectivity index (χ1v) is 10.9. The fourth-order valence-electron chi connectivity index (χ4n) is 3.06. The average molecular weight is 502 g/mol. The first-order valence-electron chi connectivity index (χ1n) is 10.5. The lowest BCUT2D eigenvalue weighted by atomic mass is 10.1. The molecule has 3 aromatic rings. The van der Waals surface area contributed by atoms with Crippen LogP contribution in [-0.4, -0.2) is 23.0 Å². The van der Waals surface area contributed by atoms with E-state index in [0.717, 1.165) is 12.1 Å². The maximum atomic E-state index is 12.9. The molecular formula is C25H22F3N3O3S. The summed E-state index contributed by atoms with van der Waals surface area (Å²) in [5.41, 5.74) is 0.0240. The van der Waals surface area contributed by atoms with Crippen LogP contribution >= 0.6 is 12.2 Å². The van der Waals surface area contributed by atoms with Gasteiger partial charge in [-0.05, 0) is 74.6 Å². The van der Waals surface area contributed by atoms with E-state index in [2.05, 4.69) is 16.0 Å². The normalized spacial score (nSPS) is 11.0. The number of amides is 2. The van der Waals surface area contributed by atoms with Gasteiger partial charge in [0, 0.05) is 16.9 Å². The molecule has 0 aliphatic heterocycles. The Labute approximate surface area is 205 Å². The molecule has 0 aliphatic carbocycles. The summed E-state index contributed by atoms with van der Waals surface area (Å²) < 4.78 is 44.4. The second kappa shape index (κ2) is 11.0. The molecule has 3 N–H and O–H groups in total. The first-order chi connectivity index (χ1) is 16.5. The lowest BCUT2D eigenvalue weighted by Crippen LogP contribution is -2.34. The van der Waals surface area contributed by atoms with E-state index in [-0.39, 0.29) is 22.5 Å². The molecule has 0 atom stereocenters. The molecule has 3 rings (SSSR count). The van der Waals surface area contributed by atoms with Crippen molar-refractivity contribution in [2.75, 3.05) is 10.6 Å². The molecule has 3 aromatic carbocycles. The van der Waals surface area contributed by atoms with E-state index in [1.807, 2.05) is 13.8 Å². The molecule has 182 valence electrons. The van der Waals surface area contributed by atoms with E-state index in [1.54, 1.807) is 36.4 Å². The number of anilines is 2. The van der Waals surface area contributed by atoms with Crippen molar-refractivity contribution in [2.24, 2.45) is 0 Å². The van der Waals surface area contributed by atoms with Crippen molar-refractivity contribution < 1.29 is 27.5 Å². The van der Waals surface area contributed by atoms with Crippen LogP contribution < -0.4 is 20.7 Å². The summed E-state index contributed by atoms with van der Waals surface area (Å²) in [6.07, 6.45) is -4.65. The van der Waals surface area contributed by atoms with E-state index in [4.69, 9.17) is 17.0 Å². The smallest absolute Gasteiger partial charge is 0.416 e. The van der Waals surface area contributed by atoms with Crippen LogP contribution in [0, 0.1) is 0 Å². The number of halogens is 3. The second-order valence-corrected chi connectivity index (χ2v) is 8.09. The number of nitrogens with one attached hydrogen (secondary N) is 3. The fraction of sp³-hybridized carbons (Fsp3) is 0.160. The molecule has 0 spiro atoms. The highest BCUT2D eigenvalue weighted by molar-refractivity contribution is 7.80. The van der Waals surface area contributed by atoms with Crippen LogP contribution in [0.4, 0.5) is 24.5 Å². The SMILES string of the molecule is CC(C)Oc1ccccc1C(=O)NC(=S)Nc1cccc(C(=O)Nc2cccc(C(F)(F)F)c2)c1. The zero-order valence-electron chi connectivity index (χ0n) is 18.8. The molecule has 10 heteroatoms. The molecule has 2 amide bonds. The molecule has 0 aromatic heterocycles. The average Bonchev–Trinajstić information content (AvgIpc) is 2.78. The highest BCUT2D eigenvalue weighted by Crippen LogP contribution is 2.30. The van der Waals surface area contributed by atoms with Gasteiger partial charge in [-0.1, -0.05) is 24.3 Å². The summed E-state index contributed by atoms with van der Waals surface area (Å²) in [6, 6.07) is 17.2. The van der Waals surface area contributed by atoms with Crippen molar-refractivity contribution in [1.29, 1.82) is 0 Å². The Bertz CT molecular complexity index is 1250. The summed E-state index contributed by atoms with van der Waals surface area (Å²) in [5.74, 6) is -0.670. The summed E-state index contributed by atoms with van der Waals surface area (Å²) >= 11 is 5.22. The quantitative estimate of drug-likeness (QED) is 0.368. The number of benzene rings is 3. The maximum absolute atomic E-state index is 12.9. The minimum absolute atomic E-state index is 0.00764. The monoisotopic (exact) mass is 501 g/mol. The Kier molecular flexibility index (Phi) is 8.08. The highest BCUT2D eigenvalue weighted by atomic mass is 32.1. The van der Waals surface area contributed by atoms with Gasteiger partial charge in [0.05, 0.1) is 17.2 Å². The minimum Gasteiger partial charge on any atom is -0.490 e. The topological polar surface area (TPSA) is 79.5 Å². The van der Waals surface area contributed by atoms with Crippen LogP contribution in [0.5, 0.6) is 5.75 Å². The van der Waals surface area contributed by atoms with Gasteiger partial charge in [0.25, 0.3) is 11.8 Å². The van der Waals surface area contributed by atoms with E-state index in [9.17, 15) is 22.8 Å². The first kappa shape index (κ1) is 25.7. The molecule has 0 saturated carbocycles. The number of hydrogen-bond donors (Lipinski definition) is 3. The van der Waals surface area contributed by atoms with Gasteiger partial charge < -0.3 is 15.4 Å². The zero-order valence-corrected chi connectivity index (χ0v) is 19.6. The number of thiocarbonyl (C=S) groups is 1. The van der Waals surface area contributed by atoms with E-state index in [0.29, 0.717) is 17.0 Å². The molecule has 0 fully saturated rings. The molecule has 0 unspecified atom stereocenters. The van der Waals surface area contributed by atoms with Crippen molar-refractivity contribution in [3.8, 4) is 5.75 Å². The van der Waals surface area contributed by atoms with Crippen LogP contribution in [-0.2, 0) is 6.18 Å². The van der Waals surface area contributed by atoms with Gasteiger partial charge in [-0.25, -0.2) is 0 Å². The van der Waals surface area contributed by atoms with Crippen LogP contribution in [0.2, 0.25) is 0 Å². The molecule has 0 radical (unpaired) electrons. The molecule has 0 aliphatic rings. The molecular weight excluding hydrogens is 479 g/mol. The number of hydrogen-bond acceptors (Lipinski definition) is 4. The number of rotatable bonds is 6. The Hall–Kier alpha value is -3.92. The van der Waals surface area contributed by atoms with E-state index >= 15 is 0 Å². The summed E-state index contributed by atoms with van der Waals surface area (Å²) in [5, 5.41) is 7.82. The number of para-hydroxylation sites is 1. The Balaban J connectivity index is 1.66. The van der Waals surface area contributed by atoms with Gasteiger partial charge in [0.1, 0.15) is 5.75 Å². The third-order valence-corrected chi connectivity index (χ3v) is 4.76.